The second kappa shape index (κ2) is 7.98. The molecule has 0 unspecified atom stereocenters. The van der Waals surface area contributed by atoms with E-state index in [1.54, 1.807) is 42.5 Å². The number of nitrogens with one attached hydrogen (secondary N) is 1. The summed E-state index contributed by atoms with van der Waals surface area (Å²) in [5.41, 5.74) is 3.27. The smallest absolute Gasteiger partial charge is 0.313 e. The highest BCUT2D eigenvalue weighted by atomic mass is 32.1. The molecule has 0 saturated carbocycles. The Labute approximate surface area is 182 Å². The lowest BCUT2D eigenvalue weighted by molar-refractivity contribution is -0.137. The lowest BCUT2D eigenvalue weighted by Crippen LogP contribution is -2.19. The van der Waals surface area contributed by atoms with E-state index in [9.17, 15) is 13.2 Å². The van der Waals surface area contributed by atoms with Crippen molar-refractivity contribution < 1.29 is 13.2 Å². The van der Waals surface area contributed by atoms with Gasteiger partial charge in [0.05, 0.1) is 5.56 Å². The largest absolute Gasteiger partial charge is 0.417 e. The Hall–Kier alpha value is -2.89. The molecule has 1 aliphatic heterocycles. The third-order valence-electron chi connectivity index (χ3n) is 5.65. The van der Waals surface area contributed by atoms with Gasteiger partial charge in [-0.1, -0.05) is 54.6 Å². The number of hydrogen-bond acceptors (Lipinski definition) is 2. The average Bonchev–Trinajstić information content (AvgIpc) is 3.23. The fraction of sp³-hybridized carbons (Fsp3) is 0.154. The van der Waals surface area contributed by atoms with Crippen LogP contribution >= 0.6 is 11.3 Å². The number of hydrogen-bond donors (Lipinski definition) is 1. The molecule has 0 saturated heterocycles. The zero-order valence-corrected chi connectivity index (χ0v) is 17.5. The van der Waals surface area contributed by atoms with Gasteiger partial charge in [-0.3, -0.25) is 0 Å². The summed E-state index contributed by atoms with van der Waals surface area (Å²) in [4.78, 5) is 0.844. The van der Waals surface area contributed by atoms with Gasteiger partial charge in [0.1, 0.15) is 0 Å². The minimum absolute atomic E-state index is 0.207. The molecule has 0 radical (unpaired) electrons. The molecule has 156 valence electrons. The van der Waals surface area contributed by atoms with Crippen LogP contribution < -0.4 is 5.32 Å². The van der Waals surface area contributed by atoms with E-state index in [-0.39, 0.29) is 5.56 Å². The van der Waals surface area contributed by atoms with Crippen LogP contribution in [0, 0.1) is 0 Å². The molecule has 31 heavy (non-hydrogen) atoms. The van der Waals surface area contributed by atoms with Crippen LogP contribution in [0.25, 0.3) is 37.2 Å². The summed E-state index contributed by atoms with van der Waals surface area (Å²) < 4.78 is 42.7. The van der Waals surface area contributed by atoms with Crippen LogP contribution in [0.2, 0.25) is 0 Å². The zero-order chi connectivity index (χ0) is 21.4. The van der Waals surface area contributed by atoms with E-state index in [1.165, 1.54) is 28.5 Å². The van der Waals surface area contributed by atoms with Gasteiger partial charge in [-0.25, -0.2) is 0 Å². The maximum atomic E-state index is 13.9. The molecule has 1 nitrogen and oxygen atoms in total. The molecule has 0 amide bonds. The van der Waals surface area contributed by atoms with Crippen LogP contribution in [0.5, 0.6) is 0 Å². The van der Waals surface area contributed by atoms with Crippen molar-refractivity contribution in [2.75, 3.05) is 13.1 Å². The molecule has 2 heterocycles. The number of halogens is 3. The van der Waals surface area contributed by atoms with Crippen molar-refractivity contribution in [2.45, 2.75) is 12.6 Å². The standard InChI is InChI=1S/C26H20F3NS/c27-26(28,29)23-15-20(6-8-22(23)18-4-2-1-3-5-18)25-16-21-14-19(7-9-24(21)31-25)17-10-12-30-13-11-17/h1-10,14-16,30H,11-13H2. The van der Waals surface area contributed by atoms with E-state index in [2.05, 4.69) is 29.6 Å². The third-order valence-corrected chi connectivity index (χ3v) is 6.81. The predicted molar refractivity (Wildman–Crippen MR) is 123 cm³/mol. The Kier molecular flexibility index (Phi) is 5.16. The van der Waals surface area contributed by atoms with Crippen molar-refractivity contribution in [3.8, 4) is 21.6 Å². The molecule has 0 fully saturated rings. The first-order chi connectivity index (χ1) is 15.0. The fourth-order valence-electron chi connectivity index (χ4n) is 4.07. The normalized spacial score (nSPS) is 14.6. The monoisotopic (exact) mass is 435 g/mol. The van der Waals surface area contributed by atoms with Gasteiger partial charge in [0.2, 0.25) is 0 Å². The maximum absolute atomic E-state index is 13.9. The van der Waals surface area contributed by atoms with Crippen molar-refractivity contribution in [3.05, 3.63) is 90.0 Å². The van der Waals surface area contributed by atoms with Gasteiger partial charge < -0.3 is 5.32 Å². The SMILES string of the molecule is FC(F)(F)c1cc(-c2cc3cc(C4=CCNCC4)ccc3s2)ccc1-c1ccccc1. The highest BCUT2D eigenvalue weighted by Crippen LogP contribution is 2.42. The molecule has 0 aliphatic carbocycles. The van der Waals surface area contributed by atoms with Gasteiger partial charge in [-0.15, -0.1) is 11.3 Å². The molecular formula is C26H20F3NS. The molecule has 4 aromatic rings. The van der Waals surface area contributed by atoms with Gasteiger partial charge in [-0.05, 0) is 70.4 Å². The van der Waals surface area contributed by atoms with Crippen molar-refractivity contribution in [1.29, 1.82) is 0 Å². The summed E-state index contributed by atoms with van der Waals surface area (Å²) >= 11 is 1.53. The summed E-state index contributed by atoms with van der Waals surface area (Å²) in [7, 11) is 0. The van der Waals surface area contributed by atoms with Crippen LogP contribution in [-0.4, -0.2) is 13.1 Å². The van der Waals surface area contributed by atoms with E-state index >= 15 is 0 Å². The van der Waals surface area contributed by atoms with Gasteiger partial charge in [0, 0.05) is 16.1 Å². The van der Waals surface area contributed by atoms with Crippen molar-refractivity contribution in [1.82, 2.24) is 5.32 Å². The third kappa shape index (κ3) is 4.03. The number of thiophene rings is 1. The second-order valence-electron chi connectivity index (χ2n) is 7.67. The highest BCUT2D eigenvalue weighted by Gasteiger charge is 2.34. The summed E-state index contributed by atoms with van der Waals surface area (Å²) in [6, 6.07) is 21.7. The van der Waals surface area contributed by atoms with Gasteiger partial charge in [0.25, 0.3) is 0 Å². The summed E-state index contributed by atoms with van der Waals surface area (Å²) in [6.45, 7) is 1.84. The van der Waals surface area contributed by atoms with Crippen molar-refractivity contribution in [2.24, 2.45) is 0 Å². The molecule has 0 bridgehead atoms. The zero-order valence-electron chi connectivity index (χ0n) is 16.7. The Morgan fingerprint density at radius 2 is 1.61 bits per heavy atom. The highest BCUT2D eigenvalue weighted by molar-refractivity contribution is 7.22. The molecule has 0 spiro atoms. The molecule has 1 aromatic heterocycles. The van der Waals surface area contributed by atoms with Gasteiger partial charge in [0.15, 0.2) is 0 Å². The van der Waals surface area contributed by atoms with Crippen LogP contribution in [0.3, 0.4) is 0 Å². The van der Waals surface area contributed by atoms with E-state index < -0.39 is 11.7 Å². The first kappa shape index (κ1) is 20.0. The average molecular weight is 436 g/mol. The lowest BCUT2D eigenvalue weighted by atomic mass is 9.96. The Morgan fingerprint density at radius 3 is 2.35 bits per heavy atom. The Balaban J connectivity index is 1.57. The molecule has 5 rings (SSSR count). The van der Waals surface area contributed by atoms with Crippen molar-refractivity contribution >= 4 is 27.0 Å². The molecule has 1 aliphatic rings. The lowest BCUT2D eigenvalue weighted by Gasteiger charge is -2.14. The maximum Gasteiger partial charge on any atom is 0.417 e. The Bertz CT molecular complexity index is 1270. The van der Waals surface area contributed by atoms with E-state index in [1.807, 2.05) is 6.07 Å². The van der Waals surface area contributed by atoms with E-state index in [4.69, 9.17) is 0 Å². The van der Waals surface area contributed by atoms with Crippen LogP contribution in [0.15, 0.2) is 78.9 Å². The van der Waals surface area contributed by atoms with Crippen LogP contribution in [0.1, 0.15) is 17.5 Å². The molecule has 0 atom stereocenters. The summed E-state index contributed by atoms with van der Waals surface area (Å²) in [5.74, 6) is 0. The van der Waals surface area contributed by atoms with E-state index in [0.29, 0.717) is 11.1 Å². The molecule has 1 N–H and O–H groups in total. The van der Waals surface area contributed by atoms with Crippen LogP contribution in [-0.2, 0) is 6.18 Å². The number of alkyl halides is 3. The minimum Gasteiger partial charge on any atom is -0.313 e. The molecule has 5 heteroatoms. The quantitative estimate of drug-likeness (QED) is 0.349. The van der Waals surface area contributed by atoms with Crippen molar-refractivity contribution in [3.63, 3.8) is 0 Å². The fourth-order valence-corrected chi connectivity index (χ4v) is 5.11. The number of rotatable bonds is 3. The minimum atomic E-state index is -4.42. The van der Waals surface area contributed by atoms with Crippen LogP contribution in [0.4, 0.5) is 13.2 Å². The first-order valence-corrected chi connectivity index (χ1v) is 11.0. The second-order valence-corrected chi connectivity index (χ2v) is 8.75. The predicted octanol–water partition coefficient (Wildman–Crippen LogP) is 7.63. The number of benzene rings is 3. The topological polar surface area (TPSA) is 12.0 Å². The van der Waals surface area contributed by atoms with E-state index in [0.717, 1.165) is 34.5 Å². The summed E-state index contributed by atoms with van der Waals surface area (Å²) in [6.07, 6.45) is -1.24. The first-order valence-electron chi connectivity index (χ1n) is 10.2. The Morgan fingerprint density at radius 1 is 0.806 bits per heavy atom. The summed E-state index contributed by atoms with van der Waals surface area (Å²) in [5, 5.41) is 4.38. The number of fused-ring (bicyclic) bond motifs is 1. The molecule has 3 aromatic carbocycles. The van der Waals surface area contributed by atoms with Gasteiger partial charge >= 0.3 is 6.18 Å². The molecular weight excluding hydrogens is 415 g/mol. The van der Waals surface area contributed by atoms with Gasteiger partial charge in [-0.2, -0.15) is 13.2 Å².